The van der Waals surface area contributed by atoms with Crippen molar-refractivity contribution < 1.29 is 14.3 Å². The van der Waals surface area contributed by atoms with E-state index in [4.69, 9.17) is 9.52 Å². The van der Waals surface area contributed by atoms with Crippen LogP contribution in [0.15, 0.2) is 40.8 Å². The van der Waals surface area contributed by atoms with Gasteiger partial charge in [0.05, 0.1) is 0 Å². The minimum Gasteiger partial charge on any atom is -0.481 e. The van der Waals surface area contributed by atoms with Gasteiger partial charge in [0.25, 0.3) is 0 Å². The second kappa shape index (κ2) is 4.23. The Kier molecular flexibility index (Phi) is 2.77. The number of furan rings is 1. The molecule has 1 N–H and O–H groups in total. The van der Waals surface area contributed by atoms with Gasteiger partial charge in [-0.3, -0.25) is 4.79 Å². The minimum atomic E-state index is -0.884. The van der Waals surface area contributed by atoms with Crippen LogP contribution < -0.4 is 0 Å². The van der Waals surface area contributed by atoms with Gasteiger partial charge in [-0.1, -0.05) is 29.8 Å². The molecule has 0 saturated heterocycles. The molecule has 3 nitrogen and oxygen atoms in total. The predicted octanol–water partition coefficient (Wildman–Crippen LogP) is 2.88. The van der Waals surface area contributed by atoms with E-state index in [1.807, 2.05) is 31.2 Å². The van der Waals surface area contributed by atoms with Crippen molar-refractivity contribution in [3.05, 3.63) is 47.7 Å². The van der Waals surface area contributed by atoms with Crippen molar-refractivity contribution in [3.8, 4) is 11.3 Å². The van der Waals surface area contributed by atoms with Crippen molar-refractivity contribution in [2.24, 2.45) is 0 Å². The Labute approximate surface area is 93.3 Å². The number of aryl methyl sites for hydroxylation is 1. The van der Waals surface area contributed by atoms with Crippen LogP contribution in [0.1, 0.15) is 11.3 Å². The summed E-state index contributed by atoms with van der Waals surface area (Å²) < 4.78 is 5.44. The van der Waals surface area contributed by atoms with Crippen molar-refractivity contribution in [2.45, 2.75) is 13.3 Å². The first-order valence-corrected chi connectivity index (χ1v) is 5.03. The highest BCUT2D eigenvalue weighted by molar-refractivity contribution is 5.69. The number of carboxylic acid groups (broad SMARTS) is 1. The average Bonchev–Trinajstić information content (AvgIpc) is 2.66. The van der Waals surface area contributed by atoms with Gasteiger partial charge in [0.15, 0.2) is 0 Å². The molecule has 1 aromatic carbocycles. The molecule has 3 heteroatoms. The van der Waals surface area contributed by atoms with E-state index < -0.39 is 5.97 Å². The van der Waals surface area contributed by atoms with E-state index in [9.17, 15) is 4.79 Å². The molecule has 0 spiro atoms. The van der Waals surface area contributed by atoms with Crippen LogP contribution in [0, 0.1) is 6.92 Å². The average molecular weight is 216 g/mol. The SMILES string of the molecule is Cc1ccc(-c2ccc(CC(=O)O)o2)cc1. The number of benzene rings is 1. The van der Waals surface area contributed by atoms with Gasteiger partial charge in [0.2, 0.25) is 0 Å². The smallest absolute Gasteiger partial charge is 0.311 e. The molecule has 0 aliphatic rings. The number of hydrogen-bond acceptors (Lipinski definition) is 2. The van der Waals surface area contributed by atoms with Crippen LogP contribution in [0.2, 0.25) is 0 Å². The molecule has 16 heavy (non-hydrogen) atoms. The highest BCUT2D eigenvalue weighted by Gasteiger charge is 2.07. The number of carbonyl (C=O) groups is 1. The van der Waals surface area contributed by atoms with E-state index in [0.717, 1.165) is 5.56 Å². The van der Waals surface area contributed by atoms with Crippen molar-refractivity contribution in [1.29, 1.82) is 0 Å². The van der Waals surface area contributed by atoms with E-state index in [1.165, 1.54) is 5.56 Å². The van der Waals surface area contributed by atoms with Crippen LogP contribution >= 0.6 is 0 Å². The van der Waals surface area contributed by atoms with E-state index in [0.29, 0.717) is 11.5 Å². The lowest BCUT2D eigenvalue weighted by Gasteiger charge is -1.97. The van der Waals surface area contributed by atoms with Gasteiger partial charge in [0, 0.05) is 5.56 Å². The van der Waals surface area contributed by atoms with Crippen LogP contribution in [0.3, 0.4) is 0 Å². The van der Waals surface area contributed by atoms with Crippen molar-refractivity contribution in [2.75, 3.05) is 0 Å². The molecule has 2 aromatic rings. The summed E-state index contributed by atoms with van der Waals surface area (Å²) in [7, 11) is 0. The van der Waals surface area contributed by atoms with Gasteiger partial charge < -0.3 is 9.52 Å². The number of aliphatic carboxylic acids is 1. The maximum Gasteiger partial charge on any atom is 0.311 e. The minimum absolute atomic E-state index is 0.0775. The van der Waals surface area contributed by atoms with Gasteiger partial charge in [0.1, 0.15) is 17.9 Å². The maximum absolute atomic E-state index is 10.5. The van der Waals surface area contributed by atoms with Crippen molar-refractivity contribution in [3.63, 3.8) is 0 Å². The molecule has 2 rings (SSSR count). The summed E-state index contributed by atoms with van der Waals surface area (Å²) in [6.07, 6.45) is -0.0775. The van der Waals surface area contributed by atoms with Gasteiger partial charge >= 0.3 is 5.97 Å². The van der Waals surface area contributed by atoms with E-state index in [2.05, 4.69) is 0 Å². The van der Waals surface area contributed by atoms with Crippen LogP contribution in [-0.2, 0) is 11.2 Å². The lowest BCUT2D eigenvalue weighted by atomic mass is 10.1. The van der Waals surface area contributed by atoms with Gasteiger partial charge in [-0.05, 0) is 19.1 Å². The topological polar surface area (TPSA) is 50.4 Å². The summed E-state index contributed by atoms with van der Waals surface area (Å²) in [5, 5.41) is 8.62. The summed E-state index contributed by atoms with van der Waals surface area (Å²) in [5.41, 5.74) is 2.14. The molecule has 0 radical (unpaired) electrons. The highest BCUT2D eigenvalue weighted by atomic mass is 16.4. The Morgan fingerprint density at radius 2 is 1.88 bits per heavy atom. The van der Waals surface area contributed by atoms with Crippen molar-refractivity contribution >= 4 is 5.97 Å². The Bertz CT molecular complexity index is 494. The lowest BCUT2D eigenvalue weighted by Crippen LogP contribution is -1.97. The zero-order chi connectivity index (χ0) is 11.5. The van der Waals surface area contributed by atoms with Crippen LogP contribution in [0.25, 0.3) is 11.3 Å². The van der Waals surface area contributed by atoms with Crippen molar-refractivity contribution in [1.82, 2.24) is 0 Å². The maximum atomic E-state index is 10.5. The summed E-state index contributed by atoms with van der Waals surface area (Å²) in [5.74, 6) is 0.295. The summed E-state index contributed by atoms with van der Waals surface area (Å²) in [4.78, 5) is 10.5. The zero-order valence-electron chi connectivity index (χ0n) is 8.93. The fourth-order valence-corrected chi connectivity index (χ4v) is 1.49. The molecule has 1 heterocycles. The second-order valence-electron chi connectivity index (χ2n) is 3.70. The summed E-state index contributed by atoms with van der Waals surface area (Å²) in [6.45, 7) is 2.02. The number of carboxylic acids is 1. The molecule has 0 bridgehead atoms. The zero-order valence-corrected chi connectivity index (χ0v) is 8.93. The molecule has 0 fully saturated rings. The summed E-state index contributed by atoms with van der Waals surface area (Å²) >= 11 is 0. The molecule has 0 atom stereocenters. The monoisotopic (exact) mass is 216 g/mol. The first-order chi connectivity index (χ1) is 7.65. The van der Waals surface area contributed by atoms with E-state index in [-0.39, 0.29) is 6.42 Å². The summed E-state index contributed by atoms with van der Waals surface area (Å²) in [6, 6.07) is 11.4. The fraction of sp³-hybridized carbons (Fsp3) is 0.154. The first-order valence-electron chi connectivity index (χ1n) is 5.03. The molecule has 0 amide bonds. The van der Waals surface area contributed by atoms with Crippen LogP contribution in [0.4, 0.5) is 0 Å². The number of hydrogen-bond donors (Lipinski definition) is 1. The molecule has 82 valence electrons. The number of rotatable bonds is 3. The molecule has 0 aliphatic carbocycles. The molecule has 0 saturated carbocycles. The normalized spacial score (nSPS) is 10.3. The van der Waals surface area contributed by atoms with Crippen LogP contribution in [-0.4, -0.2) is 11.1 Å². The third kappa shape index (κ3) is 2.31. The third-order valence-corrected chi connectivity index (χ3v) is 2.32. The lowest BCUT2D eigenvalue weighted by molar-refractivity contribution is -0.136. The Morgan fingerprint density at radius 3 is 2.50 bits per heavy atom. The van der Waals surface area contributed by atoms with E-state index in [1.54, 1.807) is 12.1 Å². The first kappa shape index (κ1) is 10.5. The standard InChI is InChI=1S/C13H12O3/c1-9-2-4-10(5-3-9)12-7-6-11(16-12)8-13(14)15/h2-7H,8H2,1H3,(H,14,15). The van der Waals surface area contributed by atoms with E-state index >= 15 is 0 Å². The largest absolute Gasteiger partial charge is 0.481 e. The van der Waals surface area contributed by atoms with Crippen LogP contribution in [0.5, 0.6) is 0 Å². The molecule has 1 aromatic heterocycles. The Morgan fingerprint density at radius 1 is 1.19 bits per heavy atom. The van der Waals surface area contributed by atoms with Gasteiger partial charge in [-0.2, -0.15) is 0 Å². The van der Waals surface area contributed by atoms with Gasteiger partial charge in [-0.15, -0.1) is 0 Å². The fourth-order valence-electron chi connectivity index (χ4n) is 1.49. The molecular formula is C13H12O3. The van der Waals surface area contributed by atoms with Gasteiger partial charge in [-0.25, -0.2) is 0 Å². The molecule has 0 aliphatic heterocycles. The molecular weight excluding hydrogens is 204 g/mol. The Balaban J connectivity index is 2.24. The quantitative estimate of drug-likeness (QED) is 0.858. The predicted molar refractivity (Wildman–Crippen MR) is 60.2 cm³/mol. The Hall–Kier alpha value is -2.03. The second-order valence-corrected chi connectivity index (χ2v) is 3.70. The molecule has 0 unspecified atom stereocenters. The third-order valence-electron chi connectivity index (χ3n) is 2.32. The highest BCUT2D eigenvalue weighted by Crippen LogP contribution is 2.22.